The van der Waals surface area contributed by atoms with Crippen LogP contribution in [0.25, 0.3) is 0 Å². The highest BCUT2D eigenvalue weighted by atomic mass is 16.4. The molecule has 21 heavy (non-hydrogen) atoms. The summed E-state index contributed by atoms with van der Waals surface area (Å²) in [6, 6.07) is 0. The average Bonchev–Trinajstić information content (AvgIpc) is 2.34. The summed E-state index contributed by atoms with van der Waals surface area (Å²) in [5, 5.41) is 24.8. The SMILES string of the molecule is C.NCC(CC(=O)O)CC(=O)O.NCC(CN)CC(=O)O. The van der Waals surface area contributed by atoms with E-state index in [1.807, 2.05) is 0 Å². The third-order valence-corrected chi connectivity index (χ3v) is 2.39. The molecule has 9 N–H and O–H groups in total. The van der Waals surface area contributed by atoms with Crippen LogP contribution in [-0.4, -0.2) is 52.9 Å². The molecule has 0 aliphatic rings. The minimum absolute atomic E-state index is 0. The molecular weight excluding hydrogens is 282 g/mol. The van der Waals surface area contributed by atoms with Crippen LogP contribution in [0.15, 0.2) is 0 Å². The smallest absolute Gasteiger partial charge is 0.303 e. The molecule has 0 aliphatic heterocycles. The molecular formula is C12H27N3O6. The third-order valence-electron chi connectivity index (χ3n) is 2.39. The van der Waals surface area contributed by atoms with Crippen molar-refractivity contribution < 1.29 is 29.7 Å². The lowest BCUT2D eigenvalue weighted by molar-refractivity contribution is -0.141. The summed E-state index contributed by atoms with van der Waals surface area (Å²) in [6.45, 7) is 0.796. The number of carboxylic acids is 3. The summed E-state index contributed by atoms with van der Waals surface area (Å²) in [5.41, 5.74) is 15.5. The number of rotatable bonds is 9. The van der Waals surface area contributed by atoms with Gasteiger partial charge in [-0.15, -0.1) is 0 Å². The molecule has 0 aromatic heterocycles. The predicted octanol–water partition coefficient (Wildman–Crippen LogP) is -0.858. The van der Waals surface area contributed by atoms with E-state index in [0.29, 0.717) is 13.1 Å². The lowest BCUT2D eigenvalue weighted by Gasteiger charge is -2.07. The van der Waals surface area contributed by atoms with Gasteiger partial charge in [0.25, 0.3) is 0 Å². The van der Waals surface area contributed by atoms with Crippen molar-refractivity contribution in [3.63, 3.8) is 0 Å². The Balaban J connectivity index is -0.000000300. The number of carbonyl (C=O) groups is 3. The molecule has 0 spiro atoms. The first kappa shape index (κ1) is 24.3. The van der Waals surface area contributed by atoms with Gasteiger partial charge in [0.05, 0.1) is 6.42 Å². The number of hydrogen-bond donors (Lipinski definition) is 6. The normalized spacial score (nSPS) is 9.57. The number of carboxylic acid groups (broad SMARTS) is 3. The molecule has 0 unspecified atom stereocenters. The van der Waals surface area contributed by atoms with Gasteiger partial charge in [-0.25, -0.2) is 0 Å². The van der Waals surface area contributed by atoms with E-state index in [1.165, 1.54) is 0 Å². The second-order valence-electron chi connectivity index (χ2n) is 4.23. The maximum absolute atomic E-state index is 10.1. The second-order valence-corrected chi connectivity index (χ2v) is 4.23. The van der Waals surface area contributed by atoms with E-state index in [4.69, 9.17) is 32.5 Å². The predicted molar refractivity (Wildman–Crippen MR) is 77.6 cm³/mol. The van der Waals surface area contributed by atoms with Crippen LogP contribution >= 0.6 is 0 Å². The van der Waals surface area contributed by atoms with Crippen LogP contribution in [0.2, 0.25) is 0 Å². The van der Waals surface area contributed by atoms with E-state index in [0.717, 1.165) is 0 Å². The van der Waals surface area contributed by atoms with Crippen LogP contribution in [0, 0.1) is 11.8 Å². The molecule has 0 atom stereocenters. The second kappa shape index (κ2) is 14.7. The zero-order chi connectivity index (χ0) is 16.1. The average molecular weight is 309 g/mol. The molecule has 0 aromatic rings. The Bertz CT molecular complexity index is 291. The van der Waals surface area contributed by atoms with Crippen LogP contribution in [-0.2, 0) is 14.4 Å². The van der Waals surface area contributed by atoms with Crippen molar-refractivity contribution in [1.29, 1.82) is 0 Å². The van der Waals surface area contributed by atoms with Gasteiger partial charge in [0.1, 0.15) is 0 Å². The topological polar surface area (TPSA) is 190 Å². The summed E-state index contributed by atoms with van der Waals surface area (Å²) in [4.78, 5) is 30.2. The molecule has 0 saturated heterocycles. The fourth-order valence-corrected chi connectivity index (χ4v) is 1.24. The summed E-state index contributed by atoms with van der Waals surface area (Å²) >= 11 is 0. The van der Waals surface area contributed by atoms with Gasteiger partial charge >= 0.3 is 17.9 Å². The van der Waals surface area contributed by atoms with Crippen molar-refractivity contribution in [2.45, 2.75) is 26.7 Å². The first-order valence-corrected chi connectivity index (χ1v) is 6.02. The van der Waals surface area contributed by atoms with Crippen molar-refractivity contribution in [1.82, 2.24) is 0 Å². The van der Waals surface area contributed by atoms with Crippen molar-refractivity contribution >= 4 is 17.9 Å². The Hall–Kier alpha value is -1.71. The van der Waals surface area contributed by atoms with E-state index in [2.05, 4.69) is 0 Å². The van der Waals surface area contributed by atoms with E-state index in [1.54, 1.807) is 0 Å². The summed E-state index contributed by atoms with van der Waals surface area (Å²) in [5.74, 6) is -3.38. The third kappa shape index (κ3) is 18.3. The molecule has 0 amide bonds. The Morgan fingerprint density at radius 1 is 0.667 bits per heavy atom. The highest BCUT2D eigenvalue weighted by Gasteiger charge is 2.14. The van der Waals surface area contributed by atoms with E-state index in [9.17, 15) is 14.4 Å². The van der Waals surface area contributed by atoms with Crippen molar-refractivity contribution in [2.75, 3.05) is 19.6 Å². The molecule has 0 fully saturated rings. The van der Waals surface area contributed by atoms with Crippen molar-refractivity contribution in [3.05, 3.63) is 0 Å². The molecule has 0 radical (unpaired) electrons. The molecule has 9 heteroatoms. The summed E-state index contributed by atoms with van der Waals surface area (Å²) < 4.78 is 0. The maximum Gasteiger partial charge on any atom is 0.303 e. The highest BCUT2D eigenvalue weighted by Crippen LogP contribution is 2.05. The Morgan fingerprint density at radius 2 is 0.905 bits per heavy atom. The van der Waals surface area contributed by atoms with Gasteiger partial charge in [0.2, 0.25) is 0 Å². The van der Waals surface area contributed by atoms with Gasteiger partial charge < -0.3 is 32.5 Å². The standard InChI is InChI=1S/C6H11NO4.C5H12N2O2.CH4/c7-3-4(1-5(8)9)2-6(10)11;6-2-4(3-7)1-5(8)9;/h4H,1-3,7H2,(H,8,9)(H,10,11);4H,1-3,6-7H2,(H,8,9);1H4. The minimum Gasteiger partial charge on any atom is -0.481 e. The van der Waals surface area contributed by atoms with E-state index >= 15 is 0 Å². The number of aliphatic carboxylic acids is 3. The minimum atomic E-state index is -1.01. The zero-order valence-corrected chi connectivity index (χ0v) is 11.2. The highest BCUT2D eigenvalue weighted by molar-refractivity contribution is 5.70. The lowest BCUT2D eigenvalue weighted by Crippen LogP contribution is -2.25. The molecule has 0 rings (SSSR count). The van der Waals surface area contributed by atoms with Gasteiger partial charge in [-0.3, -0.25) is 14.4 Å². The molecule has 0 aromatic carbocycles. The Kier molecular flexibility index (Phi) is 17.0. The summed E-state index contributed by atoms with van der Waals surface area (Å²) in [7, 11) is 0. The van der Waals surface area contributed by atoms with Crippen LogP contribution in [0.3, 0.4) is 0 Å². The fourth-order valence-electron chi connectivity index (χ4n) is 1.24. The zero-order valence-electron chi connectivity index (χ0n) is 11.2. The van der Waals surface area contributed by atoms with E-state index in [-0.39, 0.29) is 39.2 Å². The maximum atomic E-state index is 10.1. The van der Waals surface area contributed by atoms with Crippen LogP contribution in [0.5, 0.6) is 0 Å². The molecule has 0 bridgehead atoms. The van der Waals surface area contributed by atoms with Crippen LogP contribution < -0.4 is 17.2 Å². The van der Waals surface area contributed by atoms with Crippen molar-refractivity contribution in [3.8, 4) is 0 Å². The molecule has 9 nitrogen and oxygen atoms in total. The van der Waals surface area contributed by atoms with Crippen LogP contribution in [0.4, 0.5) is 0 Å². The van der Waals surface area contributed by atoms with Gasteiger partial charge in [0.15, 0.2) is 0 Å². The Morgan fingerprint density at radius 3 is 1.05 bits per heavy atom. The van der Waals surface area contributed by atoms with Gasteiger partial charge in [-0.1, -0.05) is 7.43 Å². The monoisotopic (exact) mass is 309 g/mol. The quantitative estimate of drug-likeness (QED) is 0.314. The first-order chi connectivity index (χ1) is 9.26. The number of hydrogen-bond acceptors (Lipinski definition) is 6. The molecule has 0 aliphatic carbocycles. The molecule has 126 valence electrons. The van der Waals surface area contributed by atoms with Gasteiger partial charge in [-0.2, -0.15) is 0 Å². The van der Waals surface area contributed by atoms with Crippen molar-refractivity contribution in [2.24, 2.45) is 29.0 Å². The van der Waals surface area contributed by atoms with Crippen LogP contribution in [0.1, 0.15) is 26.7 Å². The molecule has 0 heterocycles. The lowest BCUT2D eigenvalue weighted by atomic mass is 10.0. The molecule has 0 saturated carbocycles. The number of nitrogens with two attached hydrogens (primary N) is 3. The summed E-state index contributed by atoms with van der Waals surface area (Å²) in [6.07, 6.45) is -0.279. The van der Waals surface area contributed by atoms with E-state index < -0.39 is 23.8 Å². The van der Waals surface area contributed by atoms with Gasteiger partial charge in [0, 0.05) is 12.8 Å². The first-order valence-electron chi connectivity index (χ1n) is 6.02. The largest absolute Gasteiger partial charge is 0.481 e. The Labute approximate surface area is 124 Å². The van der Waals surface area contributed by atoms with Gasteiger partial charge in [-0.05, 0) is 31.5 Å². The fraction of sp³-hybridized carbons (Fsp3) is 0.750.